The van der Waals surface area contributed by atoms with Gasteiger partial charge in [-0.15, -0.1) is 0 Å². The monoisotopic (exact) mass is 424 g/mol. The molecule has 164 valence electrons. The second kappa shape index (κ2) is 8.47. The Bertz CT molecular complexity index is 858. The number of aryl methyl sites for hydroxylation is 1. The standard InChI is InChI=1S/C21H36N4O3S/c1-6-7-8-9-12-24-17-14-21(2,3)15-18(26)19(17)20(22-24)16-11-10-13-25(16)29(27,28)23(4)5/h16H,6-15H2,1-5H3/t16-/m0/s1. The van der Waals surface area contributed by atoms with Gasteiger partial charge in [-0.3, -0.25) is 9.48 Å². The van der Waals surface area contributed by atoms with E-state index in [-0.39, 0.29) is 17.2 Å². The molecule has 0 N–H and O–H groups in total. The van der Waals surface area contributed by atoms with Crippen LogP contribution in [0.3, 0.4) is 0 Å². The highest BCUT2D eigenvalue weighted by Gasteiger charge is 2.43. The predicted molar refractivity (Wildman–Crippen MR) is 114 cm³/mol. The van der Waals surface area contributed by atoms with E-state index in [1.807, 2.05) is 4.68 Å². The van der Waals surface area contributed by atoms with Crippen molar-refractivity contribution in [2.45, 2.75) is 84.7 Å². The lowest BCUT2D eigenvalue weighted by atomic mass is 9.75. The molecule has 1 aromatic heterocycles. The summed E-state index contributed by atoms with van der Waals surface area (Å²) >= 11 is 0. The molecule has 2 aliphatic rings. The number of fused-ring (bicyclic) bond motifs is 1. The molecule has 29 heavy (non-hydrogen) atoms. The normalized spacial score (nSPS) is 22.4. The van der Waals surface area contributed by atoms with E-state index in [2.05, 4.69) is 20.8 Å². The summed E-state index contributed by atoms with van der Waals surface area (Å²) in [5.41, 5.74) is 2.30. The van der Waals surface area contributed by atoms with E-state index < -0.39 is 10.2 Å². The number of unbranched alkanes of at least 4 members (excludes halogenated alkanes) is 3. The van der Waals surface area contributed by atoms with Crippen LogP contribution in [0.1, 0.15) is 93.5 Å². The maximum absolute atomic E-state index is 13.1. The first kappa shape index (κ1) is 22.4. The van der Waals surface area contributed by atoms with E-state index in [4.69, 9.17) is 5.10 Å². The minimum absolute atomic E-state index is 0.0897. The van der Waals surface area contributed by atoms with Crippen LogP contribution >= 0.6 is 0 Å². The average molecular weight is 425 g/mol. The van der Waals surface area contributed by atoms with Crippen molar-refractivity contribution in [2.24, 2.45) is 5.41 Å². The summed E-state index contributed by atoms with van der Waals surface area (Å²) in [4.78, 5) is 13.1. The zero-order valence-corrected chi connectivity index (χ0v) is 19.4. The van der Waals surface area contributed by atoms with Crippen LogP contribution in [0.25, 0.3) is 0 Å². The van der Waals surface area contributed by atoms with Gasteiger partial charge in [0.05, 0.1) is 23.0 Å². The summed E-state index contributed by atoms with van der Waals surface area (Å²) < 4.78 is 30.5. The predicted octanol–water partition coefficient (Wildman–Crippen LogP) is 3.56. The number of aromatic nitrogens is 2. The molecule has 3 rings (SSSR count). The topological polar surface area (TPSA) is 75.5 Å². The molecular formula is C21H36N4O3S. The molecule has 1 atom stereocenters. The third-order valence-corrected chi connectivity index (χ3v) is 8.10. The Labute approximate surface area is 175 Å². The number of Topliss-reactive ketones (excluding diaryl/α,β-unsaturated/α-hetero) is 1. The fraction of sp³-hybridized carbons (Fsp3) is 0.810. The molecule has 0 amide bonds. The zero-order chi connectivity index (χ0) is 21.4. The minimum Gasteiger partial charge on any atom is -0.294 e. The molecule has 0 bridgehead atoms. The van der Waals surface area contributed by atoms with Crippen LogP contribution in [0.15, 0.2) is 0 Å². The molecule has 1 aromatic rings. The fourth-order valence-electron chi connectivity index (χ4n) is 4.65. The molecule has 0 radical (unpaired) electrons. The Morgan fingerprint density at radius 2 is 1.90 bits per heavy atom. The van der Waals surface area contributed by atoms with Crippen molar-refractivity contribution in [3.63, 3.8) is 0 Å². The highest BCUT2D eigenvalue weighted by Crippen LogP contribution is 2.42. The number of carbonyl (C=O) groups is 1. The van der Waals surface area contributed by atoms with Crippen LogP contribution in [0.4, 0.5) is 0 Å². The van der Waals surface area contributed by atoms with Gasteiger partial charge in [-0.1, -0.05) is 40.0 Å². The number of rotatable bonds is 8. The van der Waals surface area contributed by atoms with Crippen molar-refractivity contribution in [1.29, 1.82) is 0 Å². The Morgan fingerprint density at radius 1 is 1.17 bits per heavy atom. The minimum atomic E-state index is -3.55. The molecule has 7 nitrogen and oxygen atoms in total. The SMILES string of the molecule is CCCCCCn1nc([C@@H]2CCCN2S(=O)(=O)N(C)C)c2c1CC(C)(C)CC2=O. The molecule has 0 aromatic carbocycles. The molecule has 1 saturated heterocycles. The first-order valence-electron chi connectivity index (χ1n) is 10.9. The number of hydrogen-bond donors (Lipinski definition) is 0. The smallest absolute Gasteiger partial charge is 0.282 e. The van der Waals surface area contributed by atoms with Gasteiger partial charge in [-0.25, -0.2) is 0 Å². The average Bonchev–Trinajstić information content (AvgIpc) is 3.23. The summed E-state index contributed by atoms with van der Waals surface area (Å²) in [5, 5.41) is 4.88. The van der Waals surface area contributed by atoms with Crippen LogP contribution in [-0.2, 0) is 23.2 Å². The van der Waals surface area contributed by atoms with Gasteiger partial charge in [0.25, 0.3) is 10.2 Å². The number of ketones is 1. The quantitative estimate of drug-likeness (QED) is 0.598. The van der Waals surface area contributed by atoms with Crippen molar-refractivity contribution < 1.29 is 13.2 Å². The molecule has 0 unspecified atom stereocenters. The lowest BCUT2D eigenvalue weighted by molar-refractivity contribution is 0.0907. The number of nitrogens with zero attached hydrogens (tertiary/aromatic N) is 4. The van der Waals surface area contributed by atoms with E-state index in [1.165, 1.54) is 21.5 Å². The molecule has 0 spiro atoms. The maximum atomic E-state index is 13.1. The van der Waals surface area contributed by atoms with E-state index >= 15 is 0 Å². The van der Waals surface area contributed by atoms with Crippen LogP contribution < -0.4 is 0 Å². The second-order valence-electron chi connectivity index (χ2n) is 9.49. The summed E-state index contributed by atoms with van der Waals surface area (Å²) in [5.74, 6) is 0.111. The largest absolute Gasteiger partial charge is 0.294 e. The van der Waals surface area contributed by atoms with E-state index in [1.54, 1.807) is 14.1 Å². The van der Waals surface area contributed by atoms with Gasteiger partial charge in [-0.05, 0) is 31.1 Å². The van der Waals surface area contributed by atoms with Crippen molar-refractivity contribution in [1.82, 2.24) is 18.4 Å². The number of hydrogen-bond acceptors (Lipinski definition) is 4. The van der Waals surface area contributed by atoms with Gasteiger partial charge in [-0.2, -0.15) is 22.1 Å². The maximum Gasteiger partial charge on any atom is 0.282 e. The van der Waals surface area contributed by atoms with Crippen LogP contribution in [-0.4, -0.2) is 53.2 Å². The van der Waals surface area contributed by atoms with Crippen molar-refractivity contribution in [3.8, 4) is 0 Å². The van der Waals surface area contributed by atoms with Gasteiger partial charge in [0, 0.05) is 33.6 Å². The van der Waals surface area contributed by atoms with Gasteiger partial charge >= 0.3 is 0 Å². The lowest BCUT2D eigenvalue weighted by Gasteiger charge is -2.30. The Balaban J connectivity index is 2.01. The van der Waals surface area contributed by atoms with Gasteiger partial charge in [0.2, 0.25) is 0 Å². The summed E-state index contributed by atoms with van der Waals surface area (Å²) in [6, 6.07) is -0.349. The molecule has 1 aliphatic carbocycles. The summed E-state index contributed by atoms with van der Waals surface area (Å²) in [7, 11) is -0.438. The Morgan fingerprint density at radius 3 is 2.55 bits per heavy atom. The highest BCUT2D eigenvalue weighted by molar-refractivity contribution is 7.86. The molecular weight excluding hydrogens is 388 g/mol. The molecule has 0 saturated carbocycles. The van der Waals surface area contributed by atoms with Crippen molar-refractivity contribution in [2.75, 3.05) is 20.6 Å². The second-order valence-corrected chi connectivity index (χ2v) is 11.6. The van der Waals surface area contributed by atoms with Crippen LogP contribution in [0, 0.1) is 5.41 Å². The lowest BCUT2D eigenvalue weighted by Crippen LogP contribution is -2.40. The Hall–Kier alpha value is -1.25. The molecule has 8 heteroatoms. The fourth-order valence-corrected chi connectivity index (χ4v) is 5.95. The van der Waals surface area contributed by atoms with Gasteiger partial charge in [0.15, 0.2) is 5.78 Å². The van der Waals surface area contributed by atoms with Gasteiger partial charge < -0.3 is 0 Å². The van der Waals surface area contributed by atoms with Crippen molar-refractivity contribution >= 4 is 16.0 Å². The molecule has 1 fully saturated rings. The first-order valence-corrected chi connectivity index (χ1v) is 12.3. The zero-order valence-electron chi connectivity index (χ0n) is 18.6. The highest BCUT2D eigenvalue weighted by atomic mass is 32.2. The first-order chi connectivity index (χ1) is 13.6. The third kappa shape index (κ3) is 4.44. The Kier molecular flexibility index (Phi) is 6.56. The number of carbonyl (C=O) groups excluding carboxylic acids is 1. The van der Waals surface area contributed by atoms with E-state index in [0.29, 0.717) is 30.6 Å². The molecule has 1 aliphatic heterocycles. The molecule has 2 heterocycles. The van der Waals surface area contributed by atoms with Crippen molar-refractivity contribution in [3.05, 3.63) is 17.0 Å². The van der Waals surface area contributed by atoms with Gasteiger partial charge in [0.1, 0.15) is 0 Å². The third-order valence-electron chi connectivity index (χ3n) is 6.15. The van der Waals surface area contributed by atoms with E-state index in [9.17, 15) is 13.2 Å². The summed E-state index contributed by atoms with van der Waals surface area (Å²) in [6.45, 7) is 7.71. The van der Waals surface area contributed by atoms with Crippen LogP contribution in [0.2, 0.25) is 0 Å². The summed E-state index contributed by atoms with van der Waals surface area (Å²) in [6.07, 6.45) is 7.33. The van der Waals surface area contributed by atoms with E-state index in [0.717, 1.165) is 37.9 Å². The van der Waals surface area contributed by atoms with Crippen LogP contribution in [0.5, 0.6) is 0 Å².